The number of hydrogen-bond acceptors (Lipinski definition) is 2. The van der Waals surface area contributed by atoms with Crippen LogP contribution in [0.5, 0.6) is 5.75 Å². The highest BCUT2D eigenvalue weighted by atomic mass is 79.9. The molecule has 1 unspecified atom stereocenters. The first-order valence-electron chi connectivity index (χ1n) is 6.45. The molecule has 0 bridgehead atoms. The number of anilines is 1. The fourth-order valence-corrected chi connectivity index (χ4v) is 3.09. The van der Waals surface area contributed by atoms with Crippen molar-refractivity contribution < 1.29 is 4.74 Å². The van der Waals surface area contributed by atoms with Gasteiger partial charge in [0.25, 0.3) is 0 Å². The lowest BCUT2D eigenvalue weighted by Gasteiger charge is -2.12. The maximum Gasteiger partial charge on any atom is 0.122 e. The van der Waals surface area contributed by atoms with Gasteiger partial charge in [0.15, 0.2) is 0 Å². The zero-order valence-corrected chi connectivity index (χ0v) is 12.4. The second kappa shape index (κ2) is 5.25. The second-order valence-corrected chi connectivity index (χ2v) is 5.86. The van der Waals surface area contributed by atoms with Gasteiger partial charge in [0.1, 0.15) is 5.75 Å². The van der Waals surface area contributed by atoms with Gasteiger partial charge in [-0.1, -0.05) is 34.1 Å². The summed E-state index contributed by atoms with van der Waals surface area (Å²) in [6, 6.07) is 14.7. The van der Waals surface area contributed by atoms with Crippen molar-refractivity contribution in [2.75, 3.05) is 18.5 Å². The SMILES string of the molecule is Cc1cc(Br)cc(NCC2COc3ccccc32)c1. The van der Waals surface area contributed by atoms with Crippen molar-refractivity contribution in [1.82, 2.24) is 0 Å². The Labute approximate surface area is 121 Å². The van der Waals surface area contributed by atoms with Gasteiger partial charge in [-0.3, -0.25) is 0 Å². The fraction of sp³-hybridized carbons (Fsp3) is 0.250. The van der Waals surface area contributed by atoms with Gasteiger partial charge in [-0.2, -0.15) is 0 Å². The average molecular weight is 318 g/mol. The lowest BCUT2D eigenvalue weighted by atomic mass is 10.0. The Kier molecular flexibility index (Phi) is 3.47. The standard InChI is InChI=1S/C16H16BrNO/c1-11-6-13(17)8-14(7-11)18-9-12-10-19-16-5-3-2-4-15(12)16/h2-8,12,18H,9-10H2,1H3. The summed E-state index contributed by atoms with van der Waals surface area (Å²) in [4.78, 5) is 0. The maximum absolute atomic E-state index is 5.70. The van der Waals surface area contributed by atoms with Crippen molar-refractivity contribution in [2.45, 2.75) is 12.8 Å². The summed E-state index contributed by atoms with van der Waals surface area (Å²) in [7, 11) is 0. The average Bonchev–Trinajstić information content (AvgIpc) is 2.78. The van der Waals surface area contributed by atoms with E-state index in [1.165, 1.54) is 11.1 Å². The summed E-state index contributed by atoms with van der Waals surface area (Å²) in [6.45, 7) is 3.76. The molecule has 0 aromatic heterocycles. The van der Waals surface area contributed by atoms with Crippen LogP contribution < -0.4 is 10.1 Å². The molecule has 3 heteroatoms. The molecule has 0 spiro atoms. The predicted octanol–water partition coefficient (Wildman–Crippen LogP) is 4.35. The molecule has 1 heterocycles. The Morgan fingerprint density at radius 1 is 1.26 bits per heavy atom. The smallest absolute Gasteiger partial charge is 0.122 e. The molecule has 98 valence electrons. The summed E-state index contributed by atoms with van der Waals surface area (Å²) >= 11 is 3.53. The molecule has 3 rings (SSSR count). The van der Waals surface area contributed by atoms with Crippen LogP contribution in [0.25, 0.3) is 0 Å². The first-order valence-corrected chi connectivity index (χ1v) is 7.24. The second-order valence-electron chi connectivity index (χ2n) is 4.94. The first kappa shape index (κ1) is 12.5. The van der Waals surface area contributed by atoms with Crippen molar-refractivity contribution >= 4 is 21.6 Å². The Bertz CT molecular complexity index is 577. The van der Waals surface area contributed by atoms with Crippen LogP contribution in [0.1, 0.15) is 17.0 Å². The molecular formula is C16H16BrNO. The van der Waals surface area contributed by atoms with E-state index < -0.39 is 0 Å². The van der Waals surface area contributed by atoms with Crippen LogP contribution in [0.15, 0.2) is 46.9 Å². The van der Waals surface area contributed by atoms with Crippen LogP contribution in [-0.2, 0) is 0 Å². The molecule has 1 aliphatic heterocycles. The Balaban J connectivity index is 1.70. The summed E-state index contributed by atoms with van der Waals surface area (Å²) < 4.78 is 6.81. The van der Waals surface area contributed by atoms with Gasteiger partial charge in [0, 0.05) is 28.2 Å². The van der Waals surface area contributed by atoms with Crippen LogP contribution in [0.3, 0.4) is 0 Å². The monoisotopic (exact) mass is 317 g/mol. The predicted molar refractivity (Wildman–Crippen MR) is 82.0 cm³/mol. The quantitative estimate of drug-likeness (QED) is 0.909. The molecule has 0 radical (unpaired) electrons. The lowest BCUT2D eigenvalue weighted by Crippen LogP contribution is -2.13. The van der Waals surface area contributed by atoms with Gasteiger partial charge in [-0.05, 0) is 36.8 Å². The Morgan fingerprint density at radius 2 is 2.11 bits per heavy atom. The minimum absolute atomic E-state index is 0.426. The third-order valence-electron chi connectivity index (χ3n) is 3.39. The zero-order valence-electron chi connectivity index (χ0n) is 10.8. The van der Waals surface area contributed by atoms with Crippen molar-refractivity contribution in [3.8, 4) is 5.75 Å². The molecule has 1 atom stereocenters. The van der Waals surface area contributed by atoms with Gasteiger partial charge in [-0.15, -0.1) is 0 Å². The van der Waals surface area contributed by atoms with Gasteiger partial charge < -0.3 is 10.1 Å². The minimum Gasteiger partial charge on any atom is -0.493 e. The number of nitrogens with one attached hydrogen (secondary N) is 1. The molecule has 1 N–H and O–H groups in total. The van der Waals surface area contributed by atoms with Crippen LogP contribution in [0.2, 0.25) is 0 Å². The molecule has 2 aromatic carbocycles. The van der Waals surface area contributed by atoms with Crippen molar-refractivity contribution in [2.24, 2.45) is 0 Å². The highest BCUT2D eigenvalue weighted by Gasteiger charge is 2.23. The summed E-state index contributed by atoms with van der Waals surface area (Å²) in [5.74, 6) is 1.45. The Morgan fingerprint density at radius 3 is 2.95 bits per heavy atom. The Hall–Kier alpha value is -1.48. The van der Waals surface area contributed by atoms with E-state index in [1.54, 1.807) is 0 Å². The third-order valence-corrected chi connectivity index (χ3v) is 3.85. The molecule has 0 fully saturated rings. The van der Waals surface area contributed by atoms with Crippen LogP contribution in [0, 0.1) is 6.92 Å². The van der Waals surface area contributed by atoms with Crippen LogP contribution in [0.4, 0.5) is 5.69 Å². The molecule has 19 heavy (non-hydrogen) atoms. The van der Waals surface area contributed by atoms with Gasteiger partial charge in [0.05, 0.1) is 6.61 Å². The number of para-hydroxylation sites is 1. The van der Waals surface area contributed by atoms with Gasteiger partial charge in [0.2, 0.25) is 0 Å². The fourth-order valence-electron chi connectivity index (χ4n) is 2.48. The number of ether oxygens (including phenoxy) is 1. The number of fused-ring (bicyclic) bond motifs is 1. The number of hydrogen-bond donors (Lipinski definition) is 1. The number of aryl methyl sites for hydroxylation is 1. The number of benzene rings is 2. The van der Waals surface area contributed by atoms with E-state index in [1.807, 2.05) is 12.1 Å². The molecule has 0 saturated carbocycles. The summed E-state index contributed by atoms with van der Waals surface area (Å²) in [6.07, 6.45) is 0. The van der Waals surface area contributed by atoms with Gasteiger partial charge >= 0.3 is 0 Å². The van der Waals surface area contributed by atoms with Crippen molar-refractivity contribution in [3.63, 3.8) is 0 Å². The molecular weight excluding hydrogens is 302 g/mol. The van der Waals surface area contributed by atoms with Crippen LogP contribution in [-0.4, -0.2) is 13.2 Å². The topological polar surface area (TPSA) is 21.3 Å². The normalized spacial score (nSPS) is 16.8. The van der Waals surface area contributed by atoms with E-state index in [2.05, 4.69) is 58.5 Å². The van der Waals surface area contributed by atoms with E-state index in [-0.39, 0.29) is 0 Å². The largest absolute Gasteiger partial charge is 0.493 e. The zero-order chi connectivity index (χ0) is 13.2. The maximum atomic E-state index is 5.70. The van der Waals surface area contributed by atoms with Crippen molar-refractivity contribution in [3.05, 3.63) is 58.1 Å². The van der Waals surface area contributed by atoms with E-state index >= 15 is 0 Å². The third kappa shape index (κ3) is 2.76. The van der Waals surface area contributed by atoms with Crippen molar-refractivity contribution in [1.29, 1.82) is 0 Å². The van der Waals surface area contributed by atoms with Crippen LogP contribution >= 0.6 is 15.9 Å². The highest BCUT2D eigenvalue weighted by molar-refractivity contribution is 9.10. The summed E-state index contributed by atoms with van der Waals surface area (Å²) in [5, 5.41) is 3.50. The molecule has 0 amide bonds. The van der Waals surface area contributed by atoms with E-state index in [0.29, 0.717) is 5.92 Å². The molecule has 2 nitrogen and oxygen atoms in total. The van der Waals surface area contributed by atoms with E-state index in [9.17, 15) is 0 Å². The molecule has 1 aliphatic rings. The molecule has 0 saturated heterocycles. The van der Waals surface area contributed by atoms with E-state index in [4.69, 9.17) is 4.74 Å². The molecule has 2 aromatic rings. The number of rotatable bonds is 3. The minimum atomic E-state index is 0.426. The lowest BCUT2D eigenvalue weighted by molar-refractivity contribution is 0.334. The van der Waals surface area contributed by atoms with Gasteiger partial charge in [-0.25, -0.2) is 0 Å². The highest BCUT2D eigenvalue weighted by Crippen LogP contribution is 2.33. The molecule has 0 aliphatic carbocycles. The summed E-state index contributed by atoms with van der Waals surface area (Å²) in [5.41, 5.74) is 3.71. The van der Waals surface area contributed by atoms with E-state index in [0.717, 1.165) is 29.1 Å². The first-order chi connectivity index (χ1) is 9.22. The number of halogens is 1.